The molecule has 2 N–H and O–H groups in total. The first-order valence-corrected chi connectivity index (χ1v) is 11.3. The number of aryl methyl sites for hydroxylation is 1. The van der Waals surface area contributed by atoms with Gasteiger partial charge < -0.3 is 20.1 Å². The first-order valence-electron chi connectivity index (χ1n) is 10.4. The Balaban J connectivity index is 0.00000320. The molecule has 2 aromatic heterocycles. The third-order valence-corrected chi connectivity index (χ3v) is 6.06. The minimum absolute atomic E-state index is 0. The summed E-state index contributed by atoms with van der Waals surface area (Å²) >= 11 is 1.74. The summed E-state index contributed by atoms with van der Waals surface area (Å²) in [5.74, 6) is 2.06. The predicted octanol–water partition coefficient (Wildman–Crippen LogP) is 2.83. The van der Waals surface area contributed by atoms with Gasteiger partial charge in [0, 0.05) is 50.4 Å². The normalized spacial score (nSPS) is 15.2. The van der Waals surface area contributed by atoms with Crippen molar-refractivity contribution in [2.45, 2.75) is 52.1 Å². The van der Waals surface area contributed by atoms with Gasteiger partial charge in [-0.2, -0.15) is 0 Å². The van der Waals surface area contributed by atoms with Gasteiger partial charge in [0.1, 0.15) is 12.2 Å². The first kappa shape index (κ1) is 24.6. The van der Waals surface area contributed by atoms with Crippen LogP contribution in [0.3, 0.4) is 0 Å². The first-order chi connectivity index (χ1) is 14.2. The SMILES string of the molecule is CCc1nncn1CCNC(=NCCCN1CCCC1=O)NC(C)c1cccs1.I. The second-order valence-electron chi connectivity index (χ2n) is 7.17. The number of aromatic nitrogens is 3. The van der Waals surface area contributed by atoms with Gasteiger partial charge in [-0.15, -0.1) is 45.5 Å². The van der Waals surface area contributed by atoms with Crippen molar-refractivity contribution in [3.05, 3.63) is 34.5 Å². The molecule has 166 valence electrons. The summed E-state index contributed by atoms with van der Waals surface area (Å²) < 4.78 is 2.06. The maximum Gasteiger partial charge on any atom is 0.222 e. The fourth-order valence-electron chi connectivity index (χ4n) is 3.39. The van der Waals surface area contributed by atoms with Gasteiger partial charge in [0.15, 0.2) is 5.96 Å². The Kier molecular flexibility index (Phi) is 10.6. The topological polar surface area (TPSA) is 87.4 Å². The number of carbonyl (C=O) groups excluding carboxylic acids is 1. The number of guanidine groups is 1. The lowest BCUT2D eigenvalue weighted by molar-refractivity contribution is -0.127. The summed E-state index contributed by atoms with van der Waals surface area (Å²) in [4.78, 5) is 19.7. The Hall–Kier alpha value is -1.69. The number of amides is 1. The summed E-state index contributed by atoms with van der Waals surface area (Å²) in [7, 11) is 0. The van der Waals surface area contributed by atoms with E-state index >= 15 is 0 Å². The molecule has 0 radical (unpaired) electrons. The number of halogens is 1. The lowest BCUT2D eigenvalue weighted by atomic mass is 10.3. The van der Waals surface area contributed by atoms with Gasteiger partial charge in [-0.05, 0) is 31.2 Å². The number of rotatable bonds is 10. The molecule has 0 spiro atoms. The van der Waals surface area contributed by atoms with Crippen molar-refractivity contribution in [1.82, 2.24) is 30.3 Å². The fourth-order valence-corrected chi connectivity index (χ4v) is 4.13. The van der Waals surface area contributed by atoms with Crippen molar-refractivity contribution < 1.29 is 4.79 Å². The average molecular weight is 545 g/mol. The summed E-state index contributed by atoms with van der Waals surface area (Å²) in [6.45, 7) is 8.10. The van der Waals surface area contributed by atoms with Crippen LogP contribution in [-0.4, -0.2) is 57.7 Å². The number of hydrogen-bond acceptors (Lipinski definition) is 5. The number of thiophene rings is 1. The van der Waals surface area contributed by atoms with Crippen LogP contribution in [0.5, 0.6) is 0 Å². The molecule has 0 aromatic carbocycles. The summed E-state index contributed by atoms with van der Waals surface area (Å²) in [6, 6.07) is 4.37. The van der Waals surface area contributed by atoms with E-state index in [2.05, 4.69) is 56.8 Å². The Labute approximate surface area is 199 Å². The van der Waals surface area contributed by atoms with Crippen LogP contribution < -0.4 is 10.6 Å². The minimum Gasteiger partial charge on any atom is -0.355 e. The van der Waals surface area contributed by atoms with E-state index < -0.39 is 0 Å². The number of nitrogens with zero attached hydrogens (tertiary/aromatic N) is 5. The Morgan fingerprint density at radius 3 is 2.97 bits per heavy atom. The van der Waals surface area contributed by atoms with E-state index in [0.29, 0.717) is 13.0 Å². The van der Waals surface area contributed by atoms with Crippen LogP contribution in [0.25, 0.3) is 0 Å². The number of aliphatic imine (C=N–C) groups is 1. The molecule has 1 aliphatic rings. The lowest BCUT2D eigenvalue weighted by Gasteiger charge is -2.18. The maximum absolute atomic E-state index is 11.7. The van der Waals surface area contributed by atoms with Crippen molar-refractivity contribution in [2.24, 2.45) is 4.99 Å². The summed E-state index contributed by atoms with van der Waals surface area (Å²) in [6.07, 6.45) is 5.18. The molecule has 1 aliphatic heterocycles. The smallest absolute Gasteiger partial charge is 0.222 e. The lowest BCUT2D eigenvalue weighted by Crippen LogP contribution is -2.40. The second-order valence-corrected chi connectivity index (χ2v) is 8.15. The second kappa shape index (κ2) is 12.9. The highest BCUT2D eigenvalue weighted by Crippen LogP contribution is 2.17. The standard InChI is InChI=1S/C20H31N7OS.HI/c1-3-18-25-23-15-27(18)13-10-22-20(24-16(2)17-7-5-14-29-17)21-9-6-12-26-11-4-8-19(26)28;/h5,7,14-16H,3-4,6,8-13H2,1-2H3,(H2,21,22,24);1H. The highest BCUT2D eigenvalue weighted by molar-refractivity contribution is 14.0. The summed E-state index contributed by atoms with van der Waals surface area (Å²) in [5.41, 5.74) is 0. The minimum atomic E-state index is 0. The molecule has 1 fully saturated rings. The molecule has 0 aliphatic carbocycles. The zero-order valence-electron chi connectivity index (χ0n) is 17.7. The van der Waals surface area contributed by atoms with E-state index in [1.165, 1.54) is 4.88 Å². The molecule has 8 nitrogen and oxygen atoms in total. The van der Waals surface area contributed by atoms with Crippen LogP contribution in [0.1, 0.15) is 49.9 Å². The van der Waals surface area contributed by atoms with Gasteiger partial charge in [0.05, 0.1) is 6.04 Å². The van der Waals surface area contributed by atoms with Crippen LogP contribution in [0.4, 0.5) is 0 Å². The molecule has 1 saturated heterocycles. The fraction of sp³-hybridized carbons (Fsp3) is 0.600. The van der Waals surface area contributed by atoms with Gasteiger partial charge in [-0.25, -0.2) is 0 Å². The number of nitrogens with one attached hydrogen (secondary N) is 2. The zero-order chi connectivity index (χ0) is 20.5. The number of likely N-dealkylation sites (tertiary alicyclic amines) is 1. The zero-order valence-corrected chi connectivity index (χ0v) is 20.9. The highest BCUT2D eigenvalue weighted by atomic mass is 127. The van der Waals surface area contributed by atoms with Crippen LogP contribution >= 0.6 is 35.3 Å². The van der Waals surface area contributed by atoms with Crippen LogP contribution in [0, 0.1) is 0 Å². The highest BCUT2D eigenvalue weighted by Gasteiger charge is 2.19. The predicted molar refractivity (Wildman–Crippen MR) is 131 cm³/mol. The van der Waals surface area contributed by atoms with Crippen molar-refractivity contribution in [1.29, 1.82) is 0 Å². The van der Waals surface area contributed by atoms with Gasteiger partial charge >= 0.3 is 0 Å². The van der Waals surface area contributed by atoms with E-state index in [-0.39, 0.29) is 35.9 Å². The third kappa shape index (κ3) is 7.22. The van der Waals surface area contributed by atoms with Crippen molar-refractivity contribution in [2.75, 3.05) is 26.2 Å². The van der Waals surface area contributed by atoms with E-state index in [4.69, 9.17) is 4.99 Å². The van der Waals surface area contributed by atoms with Gasteiger partial charge in [-0.3, -0.25) is 9.79 Å². The monoisotopic (exact) mass is 545 g/mol. The Bertz CT molecular complexity index is 793. The van der Waals surface area contributed by atoms with Crippen LogP contribution in [0.15, 0.2) is 28.8 Å². The molecule has 2 aromatic rings. The van der Waals surface area contributed by atoms with Crippen molar-refractivity contribution in [3.8, 4) is 0 Å². The molecule has 10 heteroatoms. The van der Waals surface area contributed by atoms with Crippen molar-refractivity contribution >= 4 is 47.2 Å². The van der Waals surface area contributed by atoms with Crippen LogP contribution in [0.2, 0.25) is 0 Å². The molecular formula is C20H32IN7OS. The molecule has 0 bridgehead atoms. The molecule has 3 rings (SSSR count). The van der Waals surface area contributed by atoms with Gasteiger partial charge in [-0.1, -0.05) is 13.0 Å². The number of hydrogen-bond donors (Lipinski definition) is 2. The van der Waals surface area contributed by atoms with E-state index in [1.54, 1.807) is 17.7 Å². The van der Waals surface area contributed by atoms with E-state index in [9.17, 15) is 4.79 Å². The maximum atomic E-state index is 11.7. The molecule has 1 amide bonds. The van der Waals surface area contributed by atoms with Gasteiger partial charge in [0.2, 0.25) is 5.91 Å². The largest absolute Gasteiger partial charge is 0.355 e. The Morgan fingerprint density at radius 1 is 1.40 bits per heavy atom. The van der Waals surface area contributed by atoms with E-state index in [0.717, 1.165) is 57.2 Å². The van der Waals surface area contributed by atoms with Crippen LogP contribution in [-0.2, 0) is 17.8 Å². The third-order valence-electron chi connectivity index (χ3n) is 5.01. The average Bonchev–Trinajstić information content (AvgIpc) is 3.47. The Morgan fingerprint density at radius 2 is 2.27 bits per heavy atom. The summed E-state index contributed by atoms with van der Waals surface area (Å²) in [5, 5.41) is 17.1. The molecule has 1 unspecified atom stereocenters. The quantitative estimate of drug-likeness (QED) is 0.208. The number of carbonyl (C=O) groups is 1. The molecular weight excluding hydrogens is 513 g/mol. The molecule has 0 saturated carbocycles. The van der Waals surface area contributed by atoms with Crippen molar-refractivity contribution in [3.63, 3.8) is 0 Å². The van der Waals surface area contributed by atoms with Gasteiger partial charge in [0.25, 0.3) is 0 Å². The molecule has 1 atom stereocenters. The molecule has 30 heavy (non-hydrogen) atoms. The molecule has 3 heterocycles. The van der Waals surface area contributed by atoms with E-state index in [1.807, 2.05) is 4.90 Å².